The van der Waals surface area contributed by atoms with Crippen molar-refractivity contribution in [2.75, 3.05) is 19.7 Å². The molecule has 0 aliphatic carbocycles. The standard InChI is InChI=1S/C7H13NO.C2H6/c1-2-8-4-7-3-6(8)5-9-7;1-2/h6-7H,2-5H2,1H3;1-2H3/t6-,7?;/m0./s1. The molecule has 2 bridgehead atoms. The Bertz CT molecular complexity index is 116. The van der Waals surface area contributed by atoms with Crippen LogP contribution in [0.2, 0.25) is 0 Å². The van der Waals surface area contributed by atoms with Crippen LogP contribution in [0.4, 0.5) is 0 Å². The number of ether oxygens (including phenoxy) is 1. The van der Waals surface area contributed by atoms with Crippen LogP contribution in [0.5, 0.6) is 0 Å². The highest BCUT2D eigenvalue weighted by Gasteiger charge is 2.37. The first-order valence-electron chi connectivity index (χ1n) is 4.76. The van der Waals surface area contributed by atoms with Gasteiger partial charge in [0.25, 0.3) is 0 Å². The van der Waals surface area contributed by atoms with Crippen LogP contribution in [0.15, 0.2) is 0 Å². The molecule has 0 spiro atoms. The monoisotopic (exact) mass is 157 g/mol. The van der Waals surface area contributed by atoms with Crippen molar-refractivity contribution in [1.29, 1.82) is 0 Å². The van der Waals surface area contributed by atoms with Crippen molar-refractivity contribution in [2.24, 2.45) is 0 Å². The van der Waals surface area contributed by atoms with Gasteiger partial charge in [-0.05, 0) is 13.0 Å². The van der Waals surface area contributed by atoms with E-state index in [-0.39, 0.29) is 0 Å². The summed E-state index contributed by atoms with van der Waals surface area (Å²) >= 11 is 0. The minimum absolute atomic E-state index is 0.579. The fourth-order valence-electron chi connectivity index (χ4n) is 1.87. The zero-order chi connectivity index (χ0) is 8.27. The molecule has 66 valence electrons. The first kappa shape index (κ1) is 9.01. The van der Waals surface area contributed by atoms with Crippen LogP contribution in [-0.2, 0) is 4.74 Å². The summed E-state index contributed by atoms with van der Waals surface area (Å²) in [5, 5.41) is 0. The lowest BCUT2D eigenvalue weighted by Gasteiger charge is -2.24. The first-order chi connectivity index (χ1) is 5.40. The SMILES string of the molecule is CC.CCN1CC2C[C@H]1CO2. The smallest absolute Gasteiger partial charge is 0.0718 e. The minimum Gasteiger partial charge on any atom is -0.375 e. The van der Waals surface area contributed by atoms with Gasteiger partial charge in [-0.1, -0.05) is 20.8 Å². The zero-order valence-corrected chi connectivity index (χ0v) is 7.84. The van der Waals surface area contributed by atoms with Gasteiger partial charge in [-0.2, -0.15) is 0 Å². The fourth-order valence-corrected chi connectivity index (χ4v) is 1.87. The van der Waals surface area contributed by atoms with Gasteiger partial charge < -0.3 is 4.74 Å². The Hall–Kier alpha value is -0.0800. The van der Waals surface area contributed by atoms with Gasteiger partial charge in [-0.15, -0.1) is 0 Å². The second kappa shape index (κ2) is 4.07. The molecule has 2 saturated heterocycles. The lowest BCUT2D eigenvalue weighted by molar-refractivity contribution is 0.0329. The van der Waals surface area contributed by atoms with Crippen LogP contribution in [0.25, 0.3) is 0 Å². The maximum atomic E-state index is 5.44. The molecule has 2 nitrogen and oxygen atoms in total. The Morgan fingerprint density at radius 1 is 1.45 bits per heavy atom. The summed E-state index contributed by atoms with van der Waals surface area (Å²) in [7, 11) is 0. The number of hydrogen-bond acceptors (Lipinski definition) is 2. The van der Waals surface area contributed by atoms with Crippen LogP contribution >= 0.6 is 0 Å². The Balaban J connectivity index is 0.000000281. The van der Waals surface area contributed by atoms with Gasteiger partial charge in [0.2, 0.25) is 0 Å². The molecule has 0 N–H and O–H groups in total. The van der Waals surface area contributed by atoms with Gasteiger partial charge in [-0.25, -0.2) is 0 Å². The third kappa shape index (κ3) is 1.74. The summed E-state index contributed by atoms with van der Waals surface area (Å²) in [4.78, 5) is 2.51. The van der Waals surface area contributed by atoms with E-state index < -0.39 is 0 Å². The van der Waals surface area contributed by atoms with Crippen molar-refractivity contribution in [3.63, 3.8) is 0 Å². The van der Waals surface area contributed by atoms with E-state index in [2.05, 4.69) is 11.8 Å². The average Bonchev–Trinajstić information content (AvgIpc) is 2.67. The van der Waals surface area contributed by atoms with Crippen molar-refractivity contribution >= 4 is 0 Å². The van der Waals surface area contributed by atoms with Gasteiger partial charge in [0, 0.05) is 12.6 Å². The molecule has 0 radical (unpaired) electrons. The molecule has 2 rings (SSSR count). The summed E-state index contributed by atoms with van der Waals surface area (Å²) in [5.41, 5.74) is 0. The summed E-state index contributed by atoms with van der Waals surface area (Å²) < 4.78 is 5.44. The largest absolute Gasteiger partial charge is 0.375 e. The van der Waals surface area contributed by atoms with Crippen molar-refractivity contribution < 1.29 is 4.74 Å². The van der Waals surface area contributed by atoms with Gasteiger partial charge in [0.15, 0.2) is 0 Å². The van der Waals surface area contributed by atoms with E-state index in [1.54, 1.807) is 0 Å². The van der Waals surface area contributed by atoms with Gasteiger partial charge in [0.1, 0.15) is 0 Å². The molecule has 2 atom stereocenters. The highest BCUT2D eigenvalue weighted by molar-refractivity contribution is 4.90. The molecular weight excluding hydrogens is 138 g/mol. The number of hydrogen-bond donors (Lipinski definition) is 0. The van der Waals surface area contributed by atoms with Gasteiger partial charge in [0.05, 0.1) is 12.7 Å². The van der Waals surface area contributed by atoms with Crippen molar-refractivity contribution in [2.45, 2.75) is 39.3 Å². The molecule has 0 aromatic carbocycles. The maximum Gasteiger partial charge on any atom is 0.0718 e. The van der Waals surface area contributed by atoms with Crippen molar-refractivity contribution in [1.82, 2.24) is 4.90 Å². The Labute approximate surface area is 69.5 Å². The topological polar surface area (TPSA) is 12.5 Å². The molecule has 0 aromatic rings. The number of nitrogens with zero attached hydrogens (tertiary/aromatic N) is 1. The predicted molar refractivity (Wildman–Crippen MR) is 46.7 cm³/mol. The normalized spacial score (nSPS) is 35.2. The quantitative estimate of drug-likeness (QED) is 0.572. The zero-order valence-electron chi connectivity index (χ0n) is 7.84. The lowest BCUT2D eigenvalue weighted by Crippen LogP contribution is -2.36. The van der Waals surface area contributed by atoms with E-state index in [0.29, 0.717) is 6.10 Å². The third-order valence-corrected chi connectivity index (χ3v) is 2.42. The van der Waals surface area contributed by atoms with E-state index in [1.165, 1.54) is 19.5 Å². The Morgan fingerprint density at radius 2 is 2.18 bits per heavy atom. The van der Waals surface area contributed by atoms with Crippen molar-refractivity contribution in [3.05, 3.63) is 0 Å². The molecule has 0 saturated carbocycles. The second-order valence-corrected chi connectivity index (χ2v) is 2.93. The average molecular weight is 157 g/mol. The van der Waals surface area contributed by atoms with Crippen LogP contribution in [0.3, 0.4) is 0 Å². The number of likely N-dealkylation sites (tertiary alicyclic amines) is 1. The molecule has 2 heterocycles. The third-order valence-electron chi connectivity index (χ3n) is 2.42. The van der Waals surface area contributed by atoms with Crippen LogP contribution < -0.4 is 0 Å². The maximum absolute atomic E-state index is 5.44. The molecule has 1 unspecified atom stereocenters. The Kier molecular flexibility index (Phi) is 3.34. The summed E-state index contributed by atoms with van der Waals surface area (Å²) in [6.45, 7) is 9.59. The molecule has 2 aliphatic heterocycles. The first-order valence-corrected chi connectivity index (χ1v) is 4.76. The van der Waals surface area contributed by atoms with Crippen molar-refractivity contribution in [3.8, 4) is 0 Å². The van der Waals surface area contributed by atoms with E-state index in [1.807, 2.05) is 13.8 Å². The number of fused-ring (bicyclic) bond motifs is 2. The van der Waals surface area contributed by atoms with E-state index in [9.17, 15) is 0 Å². The summed E-state index contributed by atoms with van der Waals surface area (Å²) in [6.07, 6.45) is 1.86. The second-order valence-electron chi connectivity index (χ2n) is 2.93. The molecular formula is C9H19NO. The van der Waals surface area contributed by atoms with E-state index >= 15 is 0 Å². The summed E-state index contributed by atoms with van der Waals surface area (Å²) in [5.74, 6) is 0. The van der Waals surface area contributed by atoms with Gasteiger partial charge in [-0.3, -0.25) is 4.90 Å². The molecule has 2 aliphatic rings. The van der Waals surface area contributed by atoms with Gasteiger partial charge >= 0.3 is 0 Å². The fraction of sp³-hybridized carbons (Fsp3) is 1.00. The molecule has 2 fully saturated rings. The molecule has 11 heavy (non-hydrogen) atoms. The van der Waals surface area contributed by atoms with Crippen LogP contribution in [0.1, 0.15) is 27.2 Å². The number of rotatable bonds is 1. The van der Waals surface area contributed by atoms with Crippen LogP contribution in [0, 0.1) is 0 Å². The lowest BCUT2D eigenvalue weighted by atomic mass is 10.2. The van der Waals surface area contributed by atoms with E-state index in [0.717, 1.165) is 12.6 Å². The highest BCUT2D eigenvalue weighted by Crippen LogP contribution is 2.26. The van der Waals surface area contributed by atoms with E-state index in [4.69, 9.17) is 4.74 Å². The predicted octanol–water partition coefficient (Wildman–Crippen LogP) is 1.51. The Morgan fingerprint density at radius 3 is 2.45 bits per heavy atom. The minimum atomic E-state index is 0.579. The van der Waals surface area contributed by atoms with Crippen LogP contribution in [-0.4, -0.2) is 36.7 Å². The molecule has 0 amide bonds. The highest BCUT2D eigenvalue weighted by atomic mass is 16.5. The molecule has 2 heteroatoms. The summed E-state index contributed by atoms with van der Waals surface area (Å²) in [6, 6.07) is 0.764. The molecule has 0 aromatic heterocycles. The number of likely N-dealkylation sites (N-methyl/N-ethyl adjacent to an activating group) is 1. The number of morpholine rings is 1.